The Morgan fingerprint density at radius 3 is 2.47 bits per heavy atom. The number of unbranched alkanes of at least 4 members (excludes halogenated alkanes) is 2. The molecule has 1 aromatic carbocycles. The minimum absolute atomic E-state index is 0.115. The number of phenolic OH excluding ortho intramolecular Hbond substituents is 2. The molecule has 0 heterocycles. The van der Waals surface area contributed by atoms with Crippen LogP contribution in [0.25, 0.3) is 0 Å². The Kier molecular flexibility index (Phi) is 8.82. The van der Waals surface area contributed by atoms with Crippen LogP contribution in [0.5, 0.6) is 11.5 Å². The molecule has 2 amide bonds. The number of amides is 2. The van der Waals surface area contributed by atoms with Crippen molar-refractivity contribution < 1.29 is 15.0 Å². The Balaban J connectivity index is 2.67. The first kappa shape index (κ1) is 25.8. The molecule has 0 bridgehead atoms. The van der Waals surface area contributed by atoms with E-state index in [1.807, 2.05) is 19.9 Å². The van der Waals surface area contributed by atoms with E-state index in [1.54, 1.807) is 26.0 Å². The third-order valence-corrected chi connectivity index (χ3v) is 6.89. The molecule has 178 valence electrons. The van der Waals surface area contributed by atoms with E-state index in [-0.39, 0.29) is 35.4 Å². The highest BCUT2D eigenvalue weighted by atomic mass is 16.3. The Morgan fingerprint density at radius 2 is 1.91 bits per heavy atom. The van der Waals surface area contributed by atoms with Gasteiger partial charge in [0.05, 0.1) is 6.04 Å². The molecule has 3 atom stereocenters. The number of phenols is 2. The maximum absolute atomic E-state index is 12.7. The summed E-state index contributed by atoms with van der Waals surface area (Å²) in [5, 5.41) is 22.7. The summed E-state index contributed by atoms with van der Waals surface area (Å²) >= 11 is 0. The van der Waals surface area contributed by atoms with E-state index < -0.39 is 0 Å². The van der Waals surface area contributed by atoms with Gasteiger partial charge < -0.3 is 20.0 Å². The lowest BCUT2D eigenvalue weighted by Gasteiger charge is -2.34. The zero-order valence-electron chi connectivity index (χ0n) is 21.0. The Morgan fingerprint density at radius 1 is 1.25 bits per heavy atom. The van der Waals surface area contributed by atoms with Crippen molar-refractivity contribution in [3.05, 3.63) is 46.6 Å². The van der Waals surface area contributed by atoms with Crippen molar-refractivity contribution in [1.29, 1.82) is 0 Å². The molecule has 1 aromatic rings. The minimum atomic E-state index is -0.335. The summed E-state index contributed by atoms with van der Waals surface area (Å²) in [6.45, 7) is 12.4. The Labute approximate surface area is 194 Å². The molecular weight excluding hydrogens is 400 g/mol. The van der Waals surface area contributed by atoms with E-state index in [0.29, 0.717) is 5.56 Å². The number of hydrogen-bond donors (Lipinski definition) is 2. The van der Waals surface area contributed by atoms with Gasteiger partial charge in [0.25, 0.3) is 0 Å². The van der Waals surface area contributed by atoms with Crippen LogP contribution in [0.3, 0.4) is 0 Å². The quantitative estimate of drug-likeness (QED) is 0.356. The molecule has 5 heteroatoms. The molecule has 5 nitrogen and oxygen atoms in total. The molecule has 0 spiro atoms. The Hall–Kier alpha value is -2.43. The van der Waals surface area contributed by atoms with Crippen LogP contribution in [-0.4, -0.2) is 47.2 Å². The highest BCUT2D eigenvalue weighted by Crippen LogP contribution is 2.49. The topological polar surface area (TPSA) is 64.0 Å². The molecule has 1 aliphatic rings. The number of benzene rings is 1. The van der Waals surface area contributed by atoms with Crippen molar-refractivity contribution in [2.45, 2.75) is 78.2 Å². The average molecular weight is 443 g/mol. The first-order valence-electron chi connectivity index (χ1n) is 11.9. The maximum atomic E-state index is 12.7. The third-order valence-electron chi connectivity index (χ3n) is 6.89. The number of aromatic hydroxyl groups is 2. The van der Waals surface area contributed by atoms with E-state index in [9.17, 15) is 15.0 Å². The predicted octanol–water partition coefficient (Wildman–Crippen LogP) is 6.52. The highest BCUT2D eigenvalue weighted by Gasteiger charge is 2.33. The third kappa shape index (κ3) is 5.48. The number of carbonyl (C=O) groups excluding carboxylic acids is 1. The monoisotopic (exact) mass is 442 g/mol. The normalized spacial score (nSPS) is 19.3. The van der Waals surface area contributed by atoms with Gasteiger partial charge in [-0.3, -0.25) is 0 Å². The summed E-state index contributed by atoms with van der Waals surface area (Å²) in [5.41, 5.74) is 4.52. The van der Waals surface area contributed by atoms with Crippen LogP contribution in [0.15, 0.2) is 29.9 Å². The SMILES string of the molecule is C=C(C)C1CCC(C)=CC1c1c(O)cc(CCCCC)c(C(C)N(C)C(=O)N(C)C)c1O. The van der Waals surface area contributed by atoms with Crippen molar-refractivity contribution in [3.8, 4) is 11.5 Å². The van der Waals surface area contributed by atoms with Crippen LogP contribution in [0.1, 0.15) is 88.4 Å². The molecule has 2 rings (SSSR count). The molecule has 1 aliphatic carbocycles. The maximum Gasteiger partial charge on any atom is 0.319 e. The van der Waals surface area contributed by atoms with Gasteiger partial charge in [0.2, 0.25) is 0 Å². The highest BCUT2D eigenvalue weighted by molar-refractivity contribution is 5.74. The second kappa shape index (κ2) is 10.9. The van der Waals surface area contributed by atoms with Gasteiger partial charge in [0, 0.05) is 38.2 Å². The van der Waals surface area contributed by atoms with Gasteiger partial charge in [-0.1, -0.05) is 43.6 Å². The molecule has 0 aliphatic heterocycles. The summed E-state index contributed by atoms with van der Waals surface area (Å²) in [7, 11) is 5.21. The van der Waals surface area contributed by atoms with Crippen molar-refractivity contribution in [1.82, 2.24) is 9.80 Å². The lowest BCUT2D eigenvalue weighted by Crippen LogP contribution is -2.38. The van der Waals surface area contributed by atoms with Gasteiger partial charge in [0.15, 0.2) is 0 Å². The molecule has 0 aromatic heterocycles. The van der Waals surface area contributed by atoms with Crippen LogP contribution >= 0.6 is 0 Å². The number of urea groups is 1. The van der Waals surface area contributed by atoms with Gasteiger partial charge in [-0.05, 0) is 64.0 Å². The van der Waals surface area contributed by atoms with E-state index in [2.05, 4.69) is 26.5 Å². The molecule has 32 heavy (non-hydrogen) atoms. The van der Waals surface area contributed by atoms with Crippen molar-refractivity contribution in [3.63, 3.8) is 0 Å². The Bertz CT molecular complexity index is 872. The number of allylic oxidation sites excluding steroid dienone is 3. The van der Waals surface area contributed by atoms with Crippen molar-refractivity contribution in [2.24, 2.45) is 5.92 Å². The molecule has 0 radical (unpaired) electrons. The van der Waals surface area contributed by atoms with Crippen molar-refractivity contribution >= 4 is 6.03 Å². The van der Waals surface area contributed by atoms with Gasteiger partial charge in [0.1, 0.15) is 11.5 Å². The van der Waals surface area contributed by atoms with Gasteiger partial charge in [-0.25, -0.2) is 4.79 Å². The zero-order chi connectivity index (χ0) is 24.2. The number of carbonyl (C=O) groups is 1. The number of nitrogens with zero attached hydrogens (tertiary/aromatic N) is 2. The molecule has 0 saturated heterocycles. The van der Waals surface area contributed by atoms with E-state index >= 15 is 0 Å². The molecule has 3 unspecified atom stereocenters. The van der Waals surface area contributed by atoms with Gasteiger partial charge in [-0.2, -0.15) is 0 Å². The van der Waals surface area contributed by atoms with Gasteiger partial charge in [-0.15, -0.1) is 0 Å². The molecule has 0 fully saturated rings. The van der Waals surface area contributed by atoms with E-state index in [0.717, 1.165) is 55.2 Å². The summed E-state index contributed by atoms with van der Waals surface area (Å²) in [5.74, 6) is 0.274. The number of hydrogen-bond acceptors (Lipinski definition) is 3. The second-order valence-corrected chi connectivity index (χ2v) is 9.68. The van der Waals surface area contributed by atoms with Crippen LogP contribution in [0, 0.1) is 5.92 Å². The zero-order valence-corrected chi connectivity index (χ0v) is 21.0. The fourth-order valence-electron chi connectivity index (χ4n) is 4.89. The van der Waals surface area contributed by atoms with Crippen LogP contribution in [-0.2, 0) is 6.42 Å². The second-order valence-electron chi connectivity index (χ2n) is 9.68. The van der Waals surface area contributed by atoms with Crippen molar-refractivity contribution in [2.75, 3.05) is 21.1 Å². The lowest BCUT2D eigenvalue weighted by molar-refractivity contribution is 0.166. The summed E-state index contributed by atoms with van der Waals surface area (Å²) in [6, 6.07) is 1.36. The number of aryl methyl sites for hydroxylation is 1. The molecule has 2 N–H and O–H groups in total. The minimum Gasteiger partial charge on any atom is -0.507 e. The molecular formula is C27H42N2O3. The van der Waals surface area contributed by atoms with Crippen LogP contribution < -0.4 is 0 Å². The van der Waals surface area contributed by atoms with Gasteiger partial charge >= 0.3 is 6.03 Å². The van der Waals surface area contributed by atoms with E-state index in [1.165, 1.54) is 10.5 Å². The standard InChI is InChI=1S/C27H42N2O3/c1-9-10-11-12-20-16-23(30)25(22-15-18(4)13-14-21(22)17(2)3)26(31)24(20)19(5)29(8)27(32)28(6)7/h15-16,19,21-22,30-31H,2,9-14H2,1,3-8H3. The van der Waals surface area contributed by atoms with Crippen LogP contribution in [0.4, 0.5) is 4.79 Å². The van der Waals surface area contributed by atoms with E-state index in [4.69, 9.17) is 0 Å². The smallest absolute Gasteiger partial charge is 0.319 e. The summed E-state index contributed by atoms with van der Waals surface area (Å²) < 4.78 is 0. The summed E-state index contributed by atoms with van der Waals surface area (Å²) in [4.78, 5) is 15.9. The van der Waals surface area contributed by atoms with Crippen LogP contribution in [0.2, 0.25) is 0 Å². The number of rotatable bonds is 8. The fraction of sp³-hybridized carbons (Fsp3) is 0.593. The first-order valence-corrected chi connectivity index (χ1v) is 11.9. The first-order chi connectivity index (χ1) is 15.0. The largest absolute Gasteiger partial charge is 0.507 e. The summed E-state index contributed by atoms with van der Waals surface area (Å²) in [6.07, 6.45) is 7.99. The average Bonchev–Trinajstić information content (AvgIpc) is 2.72. The fourth-order valence-corrected chi connectivity index (χ4v) is 4.89. The molecule has 0 saturated carbocycles. The lowest BCUT2D eigenvalue weighted by atomic mass is 9.73. The predicted molar refractivity (Wildman–Crippen MR) is 132 cm³/mol.